The Labute approximate surface area is 83.6 Å². The highest BCUT2D eigenvalue weighted by Gasteiger charge is 2.33. The topological polar surface area (TPSA) is 52.6 Å². The quantitative estimate of drug-likeness (QED) is 0.644. The van der Waals surface area contributed by atoms with Gasteiger partial charge in [0.15, 0.2) is 0 Å². The first-order chi connectivity index (χ1) is 6.45. The van der Waals surface area contributed by atoms with Crippen LogP contribution >= 0.6 is 0 Å². The molecule has 80 valence electrons. The smallest absolute Gasteiger partial charge is 0.311 e. The molecule has 1 unspecified atom stereocenters. The van der Waals surface area contributed by atoms with Gasteiger partial charge in [0.05, 0.1) is 11.8 Å². The highest BCUT2D eigenvalue weighted by atomic mass is 16.6. The van der Waals surface area contributed by atoms with Crippen LogP contribution in [0.3, 0.4) is 0 Å². The third-order valence-corrected chi connectivity index (χ3v) is 2.53. The number of hydrogen-bond donors (Lipinski definition) is 0. The fourth-order valence-corrected chi connectivity index (χ4v) is 1.02. The molecule has 1 saturated heterocycles. The molecule has 1 fully saturated rings. The molecule has 14 heavy (non-hydrogen) atoms. The van der Waals surface area contributed by atoms with Gasteiger partial charge in [-0.3, -0.25) is 9.59 Å². The Morgan fingerprint density at radius 3 is 2.71 bits per heavy atom. The van der Waals surface area contributed by atoms with E-state index in [-0.39, 0.29) is 31.1 Å². The number of ether oxygens (including phenoxy) is 2. The van der Waals surface area contributed by atoms with Gasteiger partial charge in [-0.15, -0.1) is 0 Å². The van der Waals surface area contributed by atoms with Crippen molar-refractivity contribution in [2.45, 2.75) is 39.7 Å². The van der Waals surface area contributed by atoms with Crippen LogP contribution in [-0.2, 0) is 19.1 Å². The number of carbonyl (C=O) groups is 2. The second-order valence-corrected chi connectivity index (χ2v) is 4.15. The SMILES string of the molecule is CCC(C)(C)C(=O)OC1COC(=O)C1. The van der Waals surface area contributed by atoms with Crippen LogP contribution in [0.2, 0.25) is 0 Å². The van der Waals surface area contributed by atoms with Gasteiger partial charge in [-0.25, -0.2) is 0 Å². The van der Waals surface area contributed by atoms with Crippen LogP contribution in [0.5, 0.6) is 0 Å². The second-order valence-electron chi connectivity index (χ2n) is 4.15. The minimum absolute atomic E-state index is 0.186. The van der Waals surface area contributed by atoms with Crippen molar-refractivity contribution in [2.75, 3.05) is 6.61 Å². The Hall–Kier alpha value is -1.06. The van der Waals surface area contributed by atoms with Crippen molar-refractivity contribution in [2.24, 2.45) is 5.41 Å². The Bertz CT molecular complexity index is 245. The average Bonchev–Trinajstić information content (AvgIpc) is 2.51. The summed E-state index contributed by atoms with van der Waals surface area (Å²) in [5.41, 5.74) is -0.481. The molecular weight excluding hydrogens is 184 g/mol. The summed E-state index contributed by atoms with van der Waals surface area (Å²) in [4.78, 5) is 22.3. The maximum absolute atomic E-state index is 11.6. The molecule has 0 aromatic carbocycles. The van der Waals surface area contributed by atoms with E-state index in [1.807, 2.05) is 20.8 Å². The van der Waals surface area contributed by atoms with Gasteiger partial charge in [-0.05, 0) is 20.3 Å². The van der Waals surface area contributed by atoms with Crippen LogP contribution in [0.25, 0.3) is 0 Å². The van der Waals surface area contributed by atoms with Crippen LogP contribution in [-0.4, -0.2) is 24.6 Å². The molecule has 1 rings (SSSR count). The lowest BCUT2D eigenvalue weighted by atomic mass is 9.90. The fraction of sp³-hybridized carbons (Fsp3) is 0.800. The molecule has 4 heteroatoms. The largest absolute Gasteiger partial charge is 0.462 e. The Balaban J connectivity index is 2.45. The lowest BCUT2D eigenvalue weighted by molar-refractivity contribution is -0.159. The van der Waals surface area contributed by atoms with Gasteiger partial charge < -0.3 is 9.47 Å². The van der Waals surface area contributed by atoms with E-state index in [0.717, 1.165) is 0 Å². The van der Waals surface area contributed by atoms with Crippen molar-refractivity contribution in [3.8, 4) is 0 Å². The standard InChI is InChI=1S/C10H16O4/c1-4-10(2,3)9(12)14-7-5-8(11)13-6-7/h7H,4-6H2,1-3H3. The molecule has 1 heterocycles. The second kappa shape index (κ2) is 3.98. The lowest BCUT2D eigenvalue weighted by Gasteiger charge is -2.22. The van der Waals surface area contributed by atoms with Crippen LogP contribution in [0, 0.1) is 5.41 Å². The average molecular weight is 200 g/mol. The zero-order chi connectivity index (χ0) is 10.8. The lowest BCUT2D eigenvalue weighted by Crippen LogP contribution is -2.30. The molecule has 0 spiro atoms. The van der Waals surface area contributed by atoms with Crippen LogP contribution in [0.15, 0.2) is 0 Å². The molecule has 1 aliphatic rings. The first kappa shape index (κ1) is 11.0. The monoisotopic (exact) mass is 200 g/mol. The van der Waals surface area contributed by atoms with Crippen molar-refractivity contribution in [3.05, 3.63) is 0 Å². The predicted molar refractivity (Wildman–Crippen MR) is 49.5 cm³/mol. The van der Waals surface area contributed by atoms with Gasteiger partial charge >= 0.3 is 11.9 Å². The normalized spacial score (nSPS) is 21.9. The number of cyclic esters (lactones) is 1. The van der Waals surface area contributed by atoms with Gasteiger partial charge in [-0.2, -0.15) is 0 Å². The molecule has 0 saturated carbocycles. The van der Waals surface area contributed by atoms with E-state index in [9.17, 15) is 9.59 Å². The van der Waals surface area contributed by atoms with E-state index in [0.29, 0.717) is 6.42 Å². The van der Waals surface area contributed by atoms with E-state index in [2.05, 4.69) is 0 Å². The zero-order valence-corrected chi connectivity index (χ0v) is 8.83. The summed E-state index contributed by atoms with van der Waals surface area (Å²) >= 11 is 0. The summed E-state index contributed by atoms with van der Waals surface area (Å²) in [6.45, 7) is 5.78. The van der Waals surface area contributed by atoms with Crippen LogP contribution in [0.1, 0.15) is 33.6 Å². The molecule has 0 bridgehead atoms. The van der Waals surface area contributed by atoms with Crippen molar-refractivity contribution >= 4 is 11.9 Å². The van der Waals surface area contributed by atoms with Gasteiger partial charge in [-0.1, -0.05) is 6.92 Å². The third kappa shape index (κ3) is 2.47. The van der Waals surface area contributed by atoms with E-state index in [4.69, 9.17) is 9.47 Å². The molecule has 0 aliphatic carbocycles. The van der Waals surface area contributed by atoms with E-state index < -0.39 is 5.41 Å². The summed E-state index contributed by atoms with van der Waals surface area (Å²) in [5.74, 6) is -0.555. The maximum atomic E-state index is 11.6. The zero-order valence-electron chi connectivity index (χ0n) is 8.83. The van der Waals surface area contributed by atoms with Crippen molar-refractivity contribution in [3.63, 3.8) is 0 Å². The molecule has 0 amide bonds. The molecule has 0 radical (unpaired) electrons. The highest BCUT2D eigenvalue weighted by molar-refractivity contribution is 5.77. The molecular formula is C10H16O4. The molecule has 4 nitrogen and oxygen atoms in total. The Morgan fingerprint density at radius 1 is 1.64 bits per heavy atom. The van der Waals surface area contributed by atoms with E-state index in [1.54, 1.807) is 0 Å². The first-order valence-corrected chi connectivity index (χ1v) is 4.82. The summed E-state index contributed by atoms with van der Waals surface area (Å²) in [5, 5.41) is 0. The van der Waals surface area contributed by atoms with Gasteiger partial charge in [0, 0.05) is 0 Å². The number of carbonyl (C=O) groups excluding carboxylic acids is 2. The van der Waals surface area contributed by atoms with E-state index in [1.165, 1.54) is 0 Å². The van der Waals surface area contributed by atoms with Crippen molar-refractivity contribution in [1.82, 2.24) is 0 Å². The van der Waals surface area contributed by atoms with Crippen molar-refractivity contribution in [1.29, 1.82) is 0 Å². The van der Waals surface area contributed by atoms with Gasteiger partial charge in [0.25, 0.3) is 0 Å². The summed E-state index contributed by atoms with van der Waals surface area (Å²) in [6, 6.07) is 0. The number of esters is 2. The molecule has 0 aromatic heterocycles. The summed E-state index contributed by atoms with van der Waals surface area (Å²) in [6.07, 6.45) is 0.514. The number of hydrogen-bond acceptors (Lipinski definition) is 4. The minimum atomic E-state index is -0.481. The molecule has 1 atom stereocenters. The first-order valence-electron chi connectivity index (χ1n) is 4.82. The molecule has 1 aliphatic heterocycles. The fourth-order valence-electron chi connectivity index (χ4n) is 1.02. The highest BCUT2D eigenvalue weighted by Crippen LogP contribution is 2.23. The van der Waals surface area contributed by atoms with Crippen LogP contribution in [0.4, 0.5) is 0 Å². The Morgan fingerprint density at radius 2 is 2.29 bits per heavy atom. The molecule has 0 aromatic rings. The third-order valence-electron chi connectivity index (χ3n) is 2.53. The van der Waals surface area contributed by atoms with Crippen molar-refractivity contribution < 1.29 is 19.1 Å². The molecule has 0 N–H and O–H groups in total. The van der Waals surface area contributed by atoms with E-state index >= 15 is 0 Å². The maximum Gasteiger partial charge on any atom is 0.311 e. The summed E-state index contributed by atoms with van der Waals surface area (Å²) in [7, 11) is 0. The van der Waals surface area contributed by atoms with Gasteiger partial charge in [0.2, 0.25) is 0 Å². The predicted octanol–water partition coefficient (Wildman–Crippen LogP) is 1.28. The minimum Gasteiger partial charge on any atom is -0.462 e. The summed E-state index contributed by atoms with van der Waals surface area (Å²) < 4.78 is 9.85. The Kier molecular flexibility index (Phi) is 3.13. The number of rotatable bonds is 3. The van der Waals surface area contributed by atoms with Gasteiger partial charge in [0.1, 0.15) is 12.7 Å². The van der Waals surface area contributed by atoms with Crippen LogP contribution < -0.4 is 0 Å².